The first-order valence-electron chi connectivity index (χ1n) is 6.94. The highest BCUT2D eigenvalue weighted by atomic mass is 32.2. The van der Waals surface area contributed by atoms with Gasteiger partial charge >= 0.3 is 0 Å². The summed E-state index contributed by atoms with van der Waals surface area (Å²) < 4.78 is 6.08. The number of nitrogens with zero attached hydrogens (tertiary/aromatic N) is 3. The van der Waals surface area contributed by atoms with Gasteiger partial charge in [-0.05, 0) is 25.9 Å². The van der Waals surface area contributed by atoms with Gasteiger partial charge < -0.3 is 15.0 Å². The van der Waals surface area contributed by atoms with Crippen LogP contribution in [0.3, 0.4) is 0 Å². The maximum Gasteiger partial charge on any atom is 0.257 e. The lowest BCUT2D eigenvalue weighted by Gasteiger charge is -2.30. The highest BCUT2D eigenvalue weighted by Crippen LogP contribution is 2.27. The van der Waals surface area contributed by atoms with Crippen molar-refractivity contribution in [1.29, 1.82) is 0 Å². The van der Waals surface area contributed by atoms with E-state index in [1.165, 1.54) is 0 Å². The van der Waals surface area contributed by atoms with E-state index in [1.54, 1.807) is 12.4 Å². The summed E-state index contributed by atoms with van der Waals surface area (Å²) in [5.41, 5.74) is 0. The molecular formula is C13H20N4OS. The number of hydrogen-bond donors (Lipinski definition) is 1. The molecule has 0 saturated carbocycles. The number of thioether (sulfide) groups is 1. The average Bonchev–Trinajstić information content (AvgIpc) is 2.50. The Balaban J connectivity index is 1.72. The lowest BCUT2D eigenvalue weighted by atomic mass is 10.1. The van der Waals surface area contributed by atoms with Gasteiger partial charge in [0.15, 0.2) is 5.82 Å². The minimum absolute atomic E-state index is 0.274. The fourth-order valence-corrected chi connectivity index (χ4v) is 3.37. The largest absolute Gasteiger partial charge is 0.472 e. The van der Waals surface area contributed by atoms with Crippen LogP contribution in [0.5, 0.6) is 5.88 Å². The molecule has 0 aromatic carbocycles. The van der Waals surface area contributed by atoms with Crippen LogP contribution in [0.15, 0.2) is 12.4 Å². The molecule has 2 saturated heterocycles. The molecule has 0 unspecified atom stereocenters. The van der Waals surface area contributed by atoms with Crippen LogP contribution in [-0.2, 0) is 0 Å². The van der Waals surface area contributed by atoms with E-state index in [0.717, 1.165) is 56.3 Å². The van der Waals surface area contributed by atoms with E-state index in [-0.39, 0.29) is 6.10 Å². The Hall–Kier alpha value is -1.01. The Kier molecular flexibility index (Phi) is 4.40. The van der Waals surface area contributed by atoms with Gasteiger partial charge in [-0.1, -0.05) is 0 Å². The number of aromatic nitrogens is 2. The smallest absolute Gasteiger partial charge is 0.257 e. The van der Waals surface area contributed by atoms with Gasteiger partial charge in [-0.15, -0.1) is 0 Å². The average molecular weight is 280 g/mol. The third-order valence-corrected chi connectivity index (χ3v) is 4.46. The summed E-state index contributed by atoms with van der Waals surface area (Å²) in [7, 11) is 0. The first kappa shape index (κ1) is 13.0. The fourth-order valence-electron chi connectivity index (χ4n) is 2.46. The van der Waals surface area contributed by atoms with E-state index >= 15 is 0 Å². The number of piperidine rings is 1. The van der Waals surface area contributed by atoms with Crippen LogP contribution >= 0.6 is 11.8 Å². The highest BCUT2D eigenvalue weighted by molar-refractivity contribution is 7.99. The van der Waals surface area contributed by atoms with Crippen LogP contribution in [0, 0.1) is 0 Å². The molecule has 2 aliphatic heterocycles. The molecule has 3 rings (SSSR count). The lowest BCUT2D eigenvalue weighted by molar-refractivity contribution is 0.156. The first-order valence-corrected chi connectivity index (χ1v) is 8.10. The minimum Gasteiger partial charge on any atom is -0.472 e. The van der Waals surface area contributed by atoms with Gasteiger partial charge in [0.1, 0.15) is 6.10 Å². The second-order valence-electron chi connectivity index (χ2n) is 4.85. The van der Waals surface area contributed by atoms with Crippen LogP contribution < -0.4 is 15.0 Å². The minimum atomic E-state index is 0.274. The summed E-state index contributed by atoms with van der Waals surface area (Å²) in [5.74, 6) is 3.94. The van der Waals surface area contributed by atoms with Crippen molar-refractivity contribution in [3.05, 3.63) is 12.4 Å². The van der Waals surface area contributed by atoms with Crippen molar-refractivity contribution < 1.29 is 4.74 Å². The molecule has 3 heterocycles. The first-order chi connectivity index (χ1) is 9.43. The monoisotopic (exact) mass is 280 g/mol. The third-order valence-electron chi connectivity index (χ3n) is 3.52. The second-order valence-corrected chi connectivity index (χ2v) is 6.08. The van der Waals surface area contributed by atoms with Crippen molar-refractivity contribution >= 4 is 17.6 Å². The van der Waals surface area contributed by atoms with Gasteiger partial charge in [-0.2, -0.15) is 11.8 Å². The van der Waals surface area contributed by atoms with Crippen molar-refractivity contribution in [2.75, 3.05) is 42.6 Å². The molecule has 1 aromatic heterocycles. The van der Waals surface area contributed by atoms with Crippen molar-refractivity contribution in [1.82, 2.24) is 15.3 Å². The Labute approximate surface area is 118 Å². The number of nitrogens with one attached hydrogen (secondary N) is 1. The van der Waals surface area contributed by atoms with Crippen LogP contribution in [0.4, 0.5) is 5.82 Å². The van der Waals surface area contributed by atoms with Crippen molar-refractivity contribution in [3.63, 3.8) is 0 Å². The zero-order chi connectivity index (χ0) is 12.9. The topological polar surface area (TPSA) is 50.3 Å². The molecule has 0 atom stereocenters. The van der Waals surface area contributed by atoms with Crippen LogP contribution in [-0.4, -0.2) is 53.8 Å². The molecule has 0 spiro atoms. The molecule has 1 N–H and O–H groups in total. The van der Waals surface area contributed by atoms with Gasteiger partial charge in [0.2, 0.25) is 0 Å². The van der Waals surface area contributed by atoms with E-state index in [9.17, 15) is 0 Å². The van der Waals surface area contributed by atoms with E-state index in [1.807, 2.05) is 11.8 Å². The second kappa shape index (κ2) is 6.43. The van der Waals surface area contributed by atoms with E-state index in [2.05, 4.69) is 20.2 Å². The van der Waals surface area contributed by atoms with E-state index < -0.39 is 0 Å². The van der Waals surface area contributed by atoms with E-state index in [0.29, 0.717) is 5.88 Å². The molecular weight excluding hydrogens is 260 g/mol. The molecule has 1 aromatic rings. The molecule has 104 valence electrons. The maximum atomic E-state index is 6.08. The fraction of sp³-hybridized carbons (Fsp3) is 0.692. The van der Waals surface area contributed by atoms with Gasteiger partial charge in [0.25, 0.3) is 5.88 Å². The SMILES string of the molecule is c1cnc(N2CCSCC2)c(OC2CCNCC2)n1. The molecule has 0 aliphatic carbocycles. The molecule has 2 aliphatic rings. The van der Waals surface area contributed by atoms with Crippen LogP contribution in [0.25, 0.3) is 0 Å². The molecule has 5 nitrogen and oxygen atoms in total. The summed E-state index contributed by atoms with van der Waals surface area (Å²) in [6.45, 7) is 4.12. The molecule has 0 radical (unpaired) electrons. The number of anilines is 1. The van der Waals surface area contributed by atoms with Crippen molar-refractivity contribution in [2.24, 2.45) is 0 Å². The summed E-state index contributed by atoms with van der Waals surface area (Å²) >= 11 is 2.00. The van der Waals surface area contributed by atoms with Crippen LogP contribution in [0.1, 0.15) is 12.8 Å². The van der Waals surface area contributed by atoms with Gasteiger partial charge in [-0.25, -0.2) is 9.97 Å². The Morgan fingerprint density at radius 3 is 2.68 bits per heavy atom. The summed E-state index contributed by atoms with van der Waals surface area (Å²) in [5, 5.41) is 3.35. The van der Waals surface area contributed by atoms with Crippen LogP contribution in [0.2, 0.25) is 0 Å². The third kappa shape index (κ3) is 3.30. The summed E-state index contributed by atoms with van der Waals surface area (Å²) in [6, 6.07) is 0. The molecule has 0 amide bonds. The Morgan fingerprint density at radius 1 is 1.16 bits per heavy atom. The summed E-state index contributed by atoms with van der Waals surface area (Å²) in [4.78, 5) is 11.2. The predicted molar refractivity (Wildman–Crippen MR) is 78.1 cm³/mol. The number of ether oxygens (including phenoxy) is 1. The lowest BCUT2D eigenvalue weighted by Crippen LogP contribution is -2.36. The zero-order valence-electron chi connectivity index (χ0n) is 11.0. The Morgan fingerprint density at radius 2 is 1.89 bits per heavy atom. The van der Waals surface area contributed by atoms with Gasteiger partial charge in [-0.3, -0.25) is 0 Å². The maximum absolute atomic E-state index is 6.08. The highest BCUT2D eigenvalue weighted by Gasteiger charge is 2.21. The predicted octanol–water partition coefficient (Wildman–Crippen LogP) is 1.16. The molecule has 0 bridgehead atoms. The van der Waals surface area contributed by atoms with Gasteiger partial charge in [0.05, 0.1) is 0 Å². The summed E-state index contributed by atoms with van der Waals surface area (Å²) in [6.07, 6.45) is 5.85. The standard InChI is InChI=1S/C13H20N4OS/c1-3-14-4-2-11(1)18-13-12(15-5-6-16-13)17-7-9-19-10-8-17/h5-6,11,14H,1-4,7-10H2. The quantitative estimate of drug-likeness (QED) is 0.897. The molecule has 2 fully saturated rings. The Bertz CT molecular complexity index is 405. The van der Waals surface area contributed by atoms with E-state index in [4.69, 9.17) is 4.74 Å². The molecule has 19 heavy (non-hydrogen) atoms. The number of rotatable bonds is 3. The van der Waals surface area contributed by atoms with Crippen molar-refractivity contribution in [2.45, 2.75) is 18.9 Å². The zero-order valence-corrected chi connectivity index (χ0v) is 11.9. The van der Waals surface area contributed by atoms with Crippen molar-refractivity contribution in [3.8, 4) is 5.88 Å². The van der Waals surface area contributed by atoms with Gasteiger partial charge in [0, 0.05) is 37.0 Å². The molecule has 6 heteroatoms. The normalized spacial score (nSPS) is 21.4. The number of hydrogen-bond acceptors (Lipinski definition) is 6.